The molecule has 0 aliphatic carbocycles. The number of ether oxygens (including phenoxy) is 1. The van der Waals surface area contributed by atoms with Gasteiger partial charge in [-0.1, -0.05) is 31.5 Å². The number of benzene rings is 1. The van der Waals surface area contributed by atoms with Gasteiger partial charge in [0.15, 0.2) is 0 Å². The van der Waals surface area contributed by atoms with Gasteiger partial charge in [-0.05, 0) is 43.7 Å². The van der Waals surface area contributed by atoms with Crippen LogP contribution in [-0.2, 0) is 6.54 Å². The molecule has 112 valence electrons. The fraction of sp³-hybridized carbons (Fsp3) is 0.353. The molecule has 0 spiro atoms. The summed E-state index contributed by atoms with van der Waals surface area (Å²) < 4.78 is 5.95. The van der Waals surface area contributed by atoms with E-state index in [9.17, 15) is 0 Å². The first-order valence-electron chi connectivity index (χ1n) is 7.09. The van der Waals surface area contributed by atoms with Crippen molar-refractivity contribution in [3.05, 3.63) is 52.2 Å². The first-order valence-corrected chi connectivity index (χ1v) is 7.47. The predicted molar refractivity (Wildman–Crippen MR) is 87.2 cm³/mol. The molecule has 0 atom stereocenters. The van der Waals surface area contributed by atoms with Crippen LogP contribution in [-0.4, -0.2) is 11.0 Å². The third-order valence-corrected chi connectivity index (χ3v) is 3.37. The molecule has 0 saturated carbocycles. The van der Waals surface area contributed by atoms with Gasteiger partial charge in [0.2, 0.25) is 5.88 Å². The molecule has 0 aliphatic rings. The van der Waals surface area contributed by atoms with Crippen molar-refractivity contribution < 1.29 is 4.74 Å². The Morgan fingerprint density at radius 2 is 2.00 bits per heavy atom. The van der Waals surface area contributed by atoms with E-state index in [-0.39, 0.29) is 0 Å². The number of pyridine rings is 1. The average Bonchev–Trinajstić information content (AvgIpc) is 2.37. The Labute approximate surface area is 131 Å². The zero-order chi connectivity index (χ0) is 15.4. The number of nitrogens with one attached hydrogen (secondary N) is 1. The molecule has 2 aromatic rings. The summed E-state index contributed by atoms with van der Waals surface area (Å²) in [5.74, 6) is 1.34. The molecular weight excluding hydrogens is 284 g/mol. The van der Waals surface area contributed by atoms with Crippen LogP contribution in [0.2, 0.25) is 5.02 Å². The number of nitrogens with zero attached hydrogens (tertiary/aromatic N) is 1. The quantitative estimate of drug-likeness (QED) is 0.873. The molecule has 1 aromatic heterocycles. The van der Waals surface area contributed by atoms with Gasteiger partial charge in [-0.15, -0.1) is 0 Å². The number of aromatic nitrogens is 1. The second kappa shape index (κ2) is 6.92. The molecule has 21 heavy (non-hydrogen) atoms. The lowest BCUT2D eigenvalue weighted by Crippen LogP contribution is -2.23. The molecule has 2 rings (SSSR count). The fourth-order valence-electron chi connectivity index (χ4n) is 2.08. The van der Waals surface area contributed by atoms with Crippen molar-refractivity contribution in [3.63, 3.8) is 0 Å². The Morgan fingerprint density at radius 3 is 2.67 bits per heavy atom. The molecule has 1 aromatic carbocycles. The highest BCUT2D eigenvalue weighted by Gasteiger charge is 2.12. The molecule has 0 amide bonds. The van der Waals surface area contributed by atoms with Gasteiger partial charge in [-0.2, -0.15) is 0 Å². The van der Waals surface area contributed by atoms with E-state index in [1.54, 1.807) is 6.07 Å². The molecule has 0 radical (unpaired) electrons. The minimum Gasteiger partial charge on any atom is -0.439 e. The van der Waals surface area contributed by atoms with Crippen molar-refractivity contribution in [3.8, 4) is 11.6 Å². The van der Waals surface area contributed by atoms with Gasteiger partial charge in [0, 0.05) is 28.9 Å². The molecule has 1 N–H and O–H groups in total. The first-order chi connectivity index (χ1) is 9.95. The Hall–Kier alpha value is -1.58. The molecule has 0 saturated heterocycles. The minimum atomic E-state index is 0.407. The summed E-state index contributed by atoms with van der Waals surface area (Å²) in [6.07, 6.45) is 0. The Morgan fingerprint density at radius 1 is 1.24 bits per heavy atom. The largest absolute Gasteiger partial charge is 0.439 e. The van der Waals surface area contributed by atoms with E-state index in [2.05, 4.69) is 37.1 Å². The van der Waals surface area contributed by atoms with Gasteiger partial charge in [0.25, 0.3) is 0 Å². The first kappa shape index (κ1) is 15.8. The second-order valence-electron chi connectivity index (χ2n) is 5.46. The molecule has 4 heteroatoms. The average molecular weight is 305 g/mol. The number of hydrogen-bond donors (Lipinski definition) is 1. The molecule has 0 bridgehead atoms. The zero-order valence-corrected chi connectivity index (χ0v) is 13.7. The smallest absolute Gasteiger partial charge is 0.224 e. The lowest BCUT2D eigenvalue weighted by atomic mass is 10.1. The summed E-state index contributed by atoms with van der Waals surface area (Å²) in [6.45, 7) is 9.02. The van der Waals surface area contributed by atoms with Gasteiger partial charge in [0.1, 0.15) is 5.75 Å². The highest BCUT2D eigenvalue weighted by atomic mass is 35.5. The normalized spacial score (nSPS) is 11.0. The Kier molecular flexibility index (Phi) is 5.21. The molecular formula is C17H21ClN2O. The van der Waals surface area contributed by atoms with Crippen molar-refractivity contribution in [2.75, 3.05) is 0 Å². The summed E-state index contributed by atoms with van der Waals surface area (Å²) in [6, 6.07) is 9.84. The van der Waals surface area contributed by atoms with Gasteiger partial charge in [0.05, 0.1) is 0 Å². The fourth-order valence-corrected chi connectivity index (χ4v) is 2.26. The maximum atomic E-state index is 6.00. The standard InChI is InChI=1S/C17H21ClN2O/c1-11(2)19-10-16-12(3)8-13(4)20-17(16)21-15-7-5-6-14(18)9-15/h5-9,11,19H,10H2,1-4H3. The van der Waals surface area contributed by atoms with E-state index < -0.39 is 0 Å². The van der Waals surface area contributed by atoms with Crippen LogP contribution in [0.5, 0.6) is 11.6 Å². The van der Waals surface area contributed by atoms with Crippen molar-refractivity contribution in [2.24, 2.45) is 0 Å². The van der Waals surface area contributed by atoms with Crippen LogP contribution >= 0.6 is 11.6 Å². The van der Waals surface area contributed by atoms with Gasteiger partial charge in [-0.25, -0.2) is 4.98 Å². The zero-order valence-electron chi connectivity index (χ0n) is 12.9. The van der Waals surface area contributed by atoms with Crippen LogP contribution < -0.4 is 10.1 Å². The summed E-state index contributed by atoms with van der Waals surface area (Å²) in [7, 11) is 0. The van der Waals surface area contributed by atoms with E-state index in [0.717, 1.165) is 17.8 Å². The molecule has 3 nitrogen and oxygen atoms in total. The van der Waals surface area contributed by atoms with E-state index in [0.29, 0.717) is 22.7 Å². The lowest BCUT2D eigenvalue weighted by molar-refractivity contribution is 0.448. The van der Waals surface area contributed by atoms with Gasteiger partial charge >= 0.3 is 0 Å². The second-order valence-corrected chi connectivity index (χ2v) is 5.90. The topological polar surface area (TPSA) is 34.1 Å². The van der Waals surface area contributed by atoms with E-state index >= 15 is 0 Å². The van der Waals surface area contributed by atoms with E-state index in [1.165, 1.54) is 5.56 Å². The van der Waals surface area contributed by atoms with Crippen LogP contribution in [0, 0.1) is 13.8 Å². The van der Waals surface area contributed by atoms with Crippen LogP contribution in [0.4, 0.5) is 0 Å². The summed E-state index contributed by atoms with van der Waals surface area (Å²) in [5.41, 5.74) is 3.19. The summed E-state index contributed by atoms with van der Waals surface area (Å²) >= 11 is 6.00. The number of halogens is 1. The van der Waals surface area contributed by atoms with Crippen LogP contribution in [0.15, 0.2) is 30.3 Å². The van der Waals surface area contributed by atoms with E-state index in [4.69, 9.17) is 16.3 Å². The molecule has 0 unspecified atom stereocenters. The third-order valence-electron chi connectivity index (χ3n) is 3.14. The summed E-state index contributed by atoms with van der Waals surface area (Å²) in [4.78, 5) is 4.53. The van der Waals surface area contributed by atoms with Crippen molar-refractivity contribution in [1.29, 1.82) is 0 Å². The maximum absolute atomic E-state index is 6.00. The highest BCUT2D eigenvalue weighted by Crippen LogP contribution is 2.28. The van der Waals surface area contributed by atoms with Crippen LogP contribution in [0.1, 0.15) is 30.7 Å². The van der Waals surface area contributed by atoms with Gasteiger partial charge in [-0.3, -0.25) is 0 Å². The molecule has 1 heterocycles. The predicted octanol–water partition coefficient (Wildman–Crippen LogP) is 4.64. The monoisotopic (exact) mass is 304 g/mol. The van der Waals surface area contributed by atoms with Crippen LogP contribution in [0.25, 0.3) is 0 Å². The summed E-state index contributed by atoms with van der Waals surface area (Å²) in [5, 5.41) is 4.07. The number of rotatable bonds is 5. The van der Waals surface area contributed by atoms with Crippen LogP contribution in [0.3, 0.4) is 0 Å². The molecule has 0 fully saturated rings. The Bertz CT molecular complexity index is 626. The van der Waals surface area contributed by atoms with Crippen molar-refractivity contribution >= 4 is 11.6 Å². The SMILES string of the molecule is Cc1cc(C)c(CNC(C)C)c(Oc2cccc(Cl)c2)n1. The molecule has 0 aliphatic heterocycles. The highest BCUT2D eigenvalue weighted by molar-refractivity contribution is 6.30. The van der Waals surface area contributed by atoms with Crippen molar-refractivity contribution in [2.45, 2.75) is 40.3 Å². The van der Waals surface area contributed by atoms with Crippen molar-refractivity contribution in [1.82, 2.24) is 10.3 Å². The number of aryl methyl sites for hydroxylation is 2. The lowest BCUT2D eigenvalue weighted by Gasteiger charge is -2.16. The number of hydrogen-bond acceptors (Lipinski definition) is 3. The maximum Gasteiger partial charge on any atom is 0.224 e. The third kappa shape index (κ3) is 4.45. The van der Waals surface area contributed by atoms with E-state index in [1.807, 2.05) is 25.1 Å². The Balaban J connectivity index is 2.32. The van der Waals surface area contributed by atoms with Gasteiger partial charge < -0.3 is 10.1 Å². The minimum absolute atomic E-state index is 0.407.